The van der Waals surface area contributed by atoms with Gasteiger partial charge in [0.2, 0.25) is 0 Å². The van der Waals surface area contributed by atoms with Gasteiger partial charge in [-0.15, -0.1) is 0 Å². The summed E-state index contributed by atoms with van der Waals surface area (Å²) in [6.07, 6.45) is 0. The first-order valence-electron chi connectivity index (χ1n) is 20.0. The maximum absolute atomic E-state index is 3.77. The molecule has 9 aromatic rings. The number of benzene rings is 6. The average Bonchev–Trinajstić information content (AvgIpc) is 3.77. The van der Waals surface area contributed by atoms with Crippen LogP contribution in [0.25, 0.3) is 76.8 Å². The van der Waals surface area contributed by atoms with Crippen LogP contribution in [-0.4, -0.2) is 14.1 Å². The molecule has 6 aromatic carbocycles. The largest absolute Gasteiger partial charge is 0.354 e. The van der Waals surface area contributed by atoms with Crippen molar-refractivity contribution in [3.8, 4) is 11.4 Å². The normalized spacial score (nSPS) is 13.5. The maximum atomic E-state index is 3.77. The van der Waals surface area contributed by atoms with E-state index in [1.54, 1.807) is 0 Å². The van der Waals surface area contributed by atoms with E-state index < -0.39 is 0 Å². The van der Waals surface area contributed by atoms with Gasteiger partial charge in [0.25, 0.3) is 0 Å². The number of hydrogen-bond acceptors (Lipinski definition) is 0. The van der Waals surface area contributed by atoms with Crippen LogP contribution >= 0.6 is 0 Å². The van der Waals surface area contributed by atoms with E-state index in [-0.39, 0.29) is 21.7 Å². The summed E-state index contributed by atoms with van der Waals surface area (Å²) < 4.78 is 5.16. The molecule has 0 saturated carbocycles. The Hall–Kier alpha value is -5.28. The van der Waals surface area contributed by atoms with Crippen LogP contribution in [0.4, 0.5) is 0 Å². The van der Waals surface area contributed by atoms with Crippen molar-refractivity contribution in [3.05, 3.63) is 131 Å². The van der Waals surface area contributed by atoms with Gasteiger partial charge in [0.1, 0.15) is 0 Å². The van der Waals surface area contributed by atoms with Gasteiger partial charge in [0.15, 0.2) is 0 Å². The third-order valence-corrected chi connectivity index (χ3v) is 12.0. The highest BCUT2D eigenvalue weighted by Gasteiger charge is 2.28. The molecule has 0 aliphatic heterocycles. The van der Waals surface area contributed by atoms with Crippen molar-refractivity contribution in [2.45, 2.75) is 105 Å². The van der Waals surface area contributed by atoms with Crippen molar-refractivity contribution in [2.24, 2.45) is 0 Å². The molecular weight excluding hydrogens is 667 g/mol. The number of aromatic nitrogens is 3. The molecule has 0 atom stereocenters. The lowest BCUT2D eigenvalue weighted by Gasteiger charge is -2.27. The molecule has 0 unspecified atom stereocenters. The number of H-pyrrole nitrogens is 1. The molecule has 3 heterocycles. The Balaban J connectivity index is 1.53. The molecule has 1 N–H and O–H groups in total. The van der Waals surface area contributed by atoms with Crippen LogP contribution in [0.1, 0.15) is 105 Å². The second kappa shape index (κ2) is 11.6. The molecule has 3 nitrogen and oxygen atoms in total. The van der Waals surface area contributed by atoms with Crippen molar-refractivity contribution >= 4 is 65.4 Å². The lowest BCUT2D eigenvalue weighted by Crippen LogP contribution is -2.17. The number of fused-ring (bicyclic) bond motifs is 11. The van der Waals surface area contributed by atoms with E-state index in [4.69, 9.17) is 0 Å². The summed E-state index contributed by atoms with van der Waals surface area (Å²) in [5, 5.41) is 7.62. The molecule has 55 heavy (non-hydrogen) atoms. The van der Waals surface area contributed by atoms with E-state index in [1.807, 2.05) is 0 Å². The molecule has 0 spiro atoms. The number of nitrogens with zero attached hydrogens (tertiary/aromatic N) is 2. The molecule has 9 rings (SSSR count). The quantitative estimate of drug-likeness (QED) is 0.184. The van der Waals surface area contributed by atoms with E-state index in [0.717, 1.165) is 11.0 Å². The van der Waals surface area contributed by atoms with E-state index in [0.29, 0.717) is 0 Å². The van der Waals surface area contributed by atoms with Gasteiger partial charge in [0, 0.05) is 54.7 Å². The minimum atomic E-state index is -0.0287. The lowest BCUT2D eigenvalue weighted by molar-refractivity contribution is 0.567. The summed E-state index contributed by atoms with van der Waals surface area (Å²) >= 11 is 0. The highest BCUT2D eigenvalue weighted by molar-refractivity contribution is 6.31. The summed E-state index contributed by atoms with van der Waals surface area (Å²) in [5.41, 5.74) is 15.1. The molecule has 0 fully saturated rings. The molecule has 0 amide bonds. The van der Waals surface area contributed by atoms with Crippen LogP contribution in [-0.2, 0) is 21.7 Å². The fraction of sp³-hybridized carbons (Fsp3) is 0.308. The summed E-state index contributed by atoms with van der Waals surface area (Å²) in [5.74, 6) is 0. The predicted octanol–water partition coefficient (Wildman–Crippen LogP) is 14.7. The lowest BCUT2D eigenvalue weighted by atomic mass is 9.80. The van der Waals surface area contributed by atoms with E-state index in [2.05, 4.69) is 206 Å². The van der Waals surface area contributed by atoms with Crippen LogP contribution in [0, 0.1) is 0 Å². The second-order valence-corrected chi connectivity index (χ2v) is 20.1. The van der Waals surface area contributed by atoms with Crippen LogP contribution in [0.2, 0.25) is 0 Å². The third kappa shape index (κ3) is 5.53. The highest BCUT2D eigenvalue weighted by Crippen LogP contribution is 2.46. The van der Waals surface area contributed by atoms with Crippen molar-refractivity contribution < 1.29 is 0 Å². The summed E-state index contributed by atoms with van der Waals surface area (Å²) in [4.78, 5) is 3.77. The molecule has 278 valence electrons. The van der Waals surface area contributed by atoms with Gasteiger partial charge in [-0.1, -0.05) is 144 Å². The summed E-state index contributed by atoms with van der Waals surface area (Å²) in [7, 11) is 0. The van der Waals surface area contributed by atoms with E-state index in [1.165, 1.54) is 88.0 Å². The Labute approximate surface area is 326 Å². The number of aromatic amines is 1. The molecule has 0 saturated heterocycles. The molecule has 3 heteroatoms. The second-order valence-electron chi connectivity index (χ2n) is 20.1. The number of hydrogen-bond donors (Lipinski definition) is 1. The number of nitrogens with one attached hydrogen (secondary N) is 1. The van der Waals surface area contributed by atoms with Gasteiger partial charge in [-0.25, -0.2) is 0 Å². The predicted molar refractivity (Wildman–Crippen MR) is 239 cm³/mol. The highest BCUT2D eigenvalue weighted by atomic mass is 15.0. The first-order valence-corrected chi connectivity index (χ1v) is 20.0. The minimum Gasteiger partial charge on any atom is -0.354 e. The zero-order valence-corrected chi connectivity index (χ0v) is 34.8. The van der Waals surface area contributed by atoms with Gasteiger partial charge in [-0.3, -0.25) is 0 Å². The van der Waals surface area contributed by atoms with Crippen LogP contribution in [0.3, 0.4) is 0 Å². The van der Waals surface area contributed by atoms with Gasteiger partial charge in [0.05, 0.1) is 22.1 Å². The Kier molecular flexibility index (Phi) is 7.48. The van der Waals surface area contributed by atoms with E-state index in [9.17, 15) is 0 Å². The standard InChI is InChI=1S/C52H55N3/c1-49(2,3)31-25-32(50(4,5)6)28-35(27-31)54-43-20-16-14-18-40(43)46-44(54)24-22-38-37-21-23-42-45(39-17-13-15-19-41(39)53-42)47(37)55(48(38)46)36-29-33(51(7,8)9)26-34(30-36)52(10,11)12/h13-30,53H,1-12H3. The smallest absolute Gasteiger partial charge is 0.0641 e. The van der Waals surface area contributed by atoms with Gasteiger partial charge in [-0.05, 0) is 92.4 Å². The zero-order chi connectivity index (χ0) is 39.0. The van der Waals surface area contributed by atoms with Gasteiger partial charge in [-0.2, -0.15) is 0 Å². The molecule has 0 bridgehead atoms. The summed E-state index contributed by atoms with van der Waals surface area (Å²) in [6, 6.07) is 41.9. The van der Waals surface area contributed by atoms with Crippen molar-refractivity contribution in [1.82, 2.24) is 14.1 Å². The molecular formula is C52H55N3. The third-order valence-electron chi connectivity index (χ3n) is 12.0. The van der Waals surface area contributed by atoms with Crippen LogP contribution < -0.4 is 0 Å². The zero-order valence-electron chi connectivity index (χ0n) is 34.8. The fourth-order valence-corrected chi connectivity index (χ4v) is 8.73. The first kappa shape index (κ1) is 35.4. The molecule has 0 aliphatic rings. The van der Waals surface area contributed by atoms with E-state index >= 15 is 0 Å². The van der Waals surface area contributed by atoms with Crippen molar-refractivity contribution in [3.63, 3.8) is 0 Å². The van der Waals surface area contributed by atoms with Gasteiger partial charge >= 0.3 is 0 Å². The SMILES string of the molecule is CC(C)(C)c1cc(-n2c3ccccc3c3c2ccc2c4ccc5[nH]c6ccccc6c5c4n(-c4cc(C(C)(C)C)cc(C(C)(C)C)c4)c23)cc(C(C)(C)C)c1. The van der Waals surface area contributed by atoms with Crippen molar-refractivity contribution in [2.75, 3.05) is 0 Å². The topological polar surface area (TPSA) is 25.6 Å². The Morgan fingerprint density at radius 1 is 0.364 bits per heavy atom. The first-order chi connectivity index (χ1) is 25.8. The maximum Gasteiger partial charge on any atom is 0.0641 e. The van der Waals surface area contributed by atoms with Crippen molar-refractivity contribution in [1.29, 1.82) is 0 Å². The number of para-hydroxylation sites is 2. The fourth-order valence-electron chi connectivity index (χ4n) is 8.73. The minimum absolute atomic E-state index is 0.00198. The monoisotopic (exact) mass is 721 g/mol. The molecule has 0 radical (unpaired) electrons. The Morgan fingerprint density at radius 2 is 0.818 bits per heavy atom. The Morgan fingerprint density at radius 3 is 1.36 bits per heavy atom. The van der Waals surface area contributed by atoms with Crippen LogP contribution in [0.15, 0.2) is 109 Å². The van der Waals surface area contributed by atoms with Gasteiger partial charge < -0.3 is 14.1 Å². The average molecular weight is 722 g/mol. The summed E-state index contributed by atoms with van der Waals surface area (Å²) in [6.45, 7) is 28.0. The van der Waals surface area contributed by atoms with Crippen LogP contribution in [0.5, 0.6) is 0 Å². The molecule has 3 aromatic heterocycles. The number of rotatable bonds is 2. The Bertz CT molecular complexity index is 2940. The molecule has 0 aliphatic carbocycles.